The minimum Gasteiger partial charge on any atom is -0.497 e. The van der Waals surface area contributed by atoms with Gasteiger partial charge in [-0.2, -0.15) is 0 Å². The van der Waals surface area contributed by atoms with Crippen LogP contribution < -0.4 is 9.47 Å². The van der Waals surface area contributed by atoms with Crippen molar-refractivity contribution in [2.75, 3.05) is 40.4 Å². The lowest BCUT2D eigenvalue weighted by molar-refractivity contribution is -0.134. The third-order valence-electron chi connectivity index (χ3n) is 6.48. The molecule has 2 amide bonds. The molecule has 2 aromatic rings. The minimum atomic E-state index is -0.283. The predicted octanol–water partition coefficient (Wildman–Crippen LogP) is 3.49. The smallest absolute Gasteiger partial charge is 0.253 e. The van der Waals surface area contributed by atoms with Gasteiger partial charge in [0.2, 0.25) is 5.91 Å². The summed E-state index contributed by atoms with van der Waals surface area (Å²) in [4.78, 5) is 30.4. The summed E-state index contributed by atoms with van der Waals surface area (Å²) in [5, 5.41) is 0. The summed E-state index contributed by atoms with van der Waals surface area (Å²) >= 11 is 0. The fourth-order valence-electron chi connectivity index (χ4n) is 4.71. The maximum absolute atomic E-state index is 13.4. The van der Waals surface area contributed by atoms with Gasteiger partial charge in [-0.05, 0) is 38.0 Å². The largest absolute Gasteiger partial charge is 0.497 e. The molecular formula is C25H30N2O4. The first-order chi connectivity index (χ1) is 15.0. The molecule has 0 spiro atoms. The van der Waals surface area contributed by atoms with Gasteiger partial charge in [0.15, 0.2) is 0 Å². The summed E-state index contributed by atoms with van der Waals surface area (Å²) in [6.45, 7) is 4.50. The maximum Gasteiger partial charge on any atom is 0.253 e. The van der Waals surface area contributed by atoms with Crippen molar-refractivity contribution in [1.29, 1.82) is 0 Å². The number of nitrogens with zero attached hydrogens (tertiary/aromatic N) is 2. The first kappa shape index (κ1) is 21.2. The lowest BCUT2D eigenvalue weighted by atomic mass is 9.87. The lowest BCUT2D eigenvalue weighted by Crippen LogP contribution is -2.37. The normalized spacial score (nSPS) is 20.7. The predicted molar refractivity (Wildman–Crippen MR) is 119 cm³/mol. The van der Waals surface area contributed by atoms with Crippen LogP contribution in [0, 0.1) is 12.8 Å². The number of aryl methyl sites for hydroxylation is 1. The molecule has 0 bridgehead atoms. The van der Waals surface area contributed by atoms with Gasteiger partial charge in [-0.1, -0.05) is 23.8 Å². The average molecular weight is 423 g/mol. The van der Waals surface area contributed by atoms with Gasteiger partial charge < -0.3 is 19.3 Å². The number of ether oxygens (including phenoxy) is 2. The van der Waals surface area contributed by atoms with Gasteiger partial charge in [0, 0.05) is 49.3 Å². The Morgan fingerprint density at radius 3 is 2.26 bits per heavy atom. The van der Waals surface area contributed by atoms with Crippen molar-refractivity contribution in [2.45, 2.75) is 25.7 Å². The Kier molecular flexibility index (Phi) is 6.16. The average Bonchev–Trinajstić information content (AvgIpc) is 3.49. The third-order valence-corrected chi connectivity index (χ3v) is 6.48. The highest BCUT2D eigenvalue weighted by atomic mass is 16.5. The van der Waals surface area contributed by atoms with Gasteiger partial charge in [-0.25, -0.2) is 0 Å². The molecule has 2 aromatic carbocycles. The van der Waals surface area contributed by atoms with Crippen LogP contribution >= 0.6 is 0 Å². The van der Waals surface area contributed by atoms with Gasteiger partial charge >= 0.3 is 0 Å². The zero-order valence-corrected chi connectivity index (χ0v) is 18.5. The highest BCUT2D eigenvalue weighted by molar-refractivity contribution is 5.95. The third kappa shape index (κ3) is 4.24. The van der Waals surface area contributed by atoms with E-state index in [0.29, 0.717) is 30.2 Å². The van der Waals surface area contributed by atoms with Crippen molar-refractivity contribution in [3.63, 3.8) is 0 Å². The molecule has 0 aromatic heterocycles. The zero-order chi connectivity index (χ0) is 22.0. The van der Waals surface area contributed by atoms with Crippen LogP contribution in [-0.2, 0) is 4.79 Å². The van der Waals surface area contributed by atoms with Crippen molar-refractivity contribution in [2.24, 2.45) is 5.92 Å². The van der Waals surface area contributed by atoms with Crippen molar-refractivity contribution in [3.8, 4) is 11.5 Å². The van der Waals surface area contributed by atoms with Gasteiger partial charge in [-0.3, -0.25) is 9.59 Å². The Morgan fingerprint density at radius 2 is 1.61 bits per heavy atom. The molecule has 6 nitrogen and oxygen atoms in total. The van der Waals surface area contributed by atoms with Crippen molar-refractivity contribution >= 4 is 11.8 Å². The second kappa shape index (κ2) is 9.00. The second-order valence-corrected chi connectivity index (χ2v) is 8.43. The Morgan fingerprint density at radius 1 is 0.903 bits per heavy atom. The molecule has 164 valence electrons. The Bertz CT molecular complexity index is 950. The number of methoxy groups -OCH3 is 2. The molecule has 0 radical (unpaired) electrons. The Labute approximate surface area is 183 Å². The van der Waals surface area contributed by atoms with E-state index in [-0.39, 0.29) is 23.7 Å². The Hall–Kier alpha value is -3.02. The monoisotopic (exact) mass is 422 g/mol. The zero-order valence-electron chi connectivity index (χ0n) is 18.5. The number of hydrogen-bond acceptors (Lipinski definition) is 4. The molecule has 2 fully saturated rings. The number of carbonyl (C=O) groups excluding carboxylic acids is 2. The summed E-state index contributed by atoms with van der Waals surface area (Å²) in [5.74, 6) is 1.09. The van der Waals surface area contributed by atoms with Gasteiger partial charge in [0.1, 0.15) is 11.5 Å². The van der Waals surface area contributed by atoms with Crippen LogP contribution in [0.2, 0.25) is 0 Å². The van der Waals surface area contributed by atoms with E-state index < -0.39 is 0 Å². The van der Waals surface area contributed by atoms with Crippen molar-refractivity contribution in [3.05, 3.63) is 59.2 Å². The molecule has 0 aliphatic carbocycles. The van der Waals surface area contributed by atoms with Crippen molar-refractivity contribution in [1.82, 2.24) is 9.80 Å². The first-order valence-corrected chi connectivity index (χ1v) is 10.9. The SMILES string of the molecule is COc1ccc([C@@H]2CN(C(=O)c3ccc(C)cc3)C[C@@H]2C(=O)N2CCCC2)c(OC)c1. The fourth-order valence-corrected chi connectivity index (χ4v) is 4.71. The Balaban J connectivity index is 1.66. The van der Waals surface area contributed by atoms with E-state index >= 15 is 0 Å². The molecule has 0 unspecified atom stereocenters. The number of amides is 2. The molecule has 2 aliphatic rings. The number of likely N-dealkylation sites (tertiary alicyclic amines) is 2. The van der Waals surface area contributed by atoms with E-state index in [1.165, 1.54) is 0 Å². The molecule has 4 rings (SSSR count). The number of carbonyl (C=O) groups is 2. The molecule has 2 aliphatic heterocycles. The maximum atomic E-state index is 13.4. The van der Waals surface area contributed by atoms with Crippen LogP contribution in [0.15, 0.2) is 42.5 Å². The van der Waals surface area contributed by atoms with E-state index in [2.05, 4.69) is 0 Å². The summed E-state index contributed by atoms with van der Waals surface area (Å²) < 4.78 is 11.0. The van der Waals surface area contributed by atoms with Crippen LogP contribution in [0.1, 0.15) is 40.2 Å². The highest BCUT2D eigenvalue weighted by Gasteiger charge is 2.43. The standard InChI is InChI=1S/C25H30N2O4/c1-17-6-8-18(9-7-17)24(28)27-15-21(20-11-10-19(30-2)14-23(20)31-3)22(16-27)25(29)26-12-4-5-13-26/h6-11,14,21-22H,4-5,12-13,15-16H2,1-3H3/t21-,22-/m0/s1. The van der Waals surface area contributed by atoms with E-state index in [9.17, 15) is 9.59 Å². The summed E-state index contributed by atoms with van der Waals surface area (Å²) in [6.07, 6.45) is 2.09. The molecular weight excluding hydrogens is 392 g/mol. The van der Waals surface area contributed by atoms with Gasteiger partial charge in [0.25, 0.3) is 5.91 Å². The van der Waals surface area contributed by atoms with Crippen LogP contribution in [0.5, 0.6) is 11.5 Å². The number of hydrogen-bond donors (Lipinski definition) is 0. The van der Waals surface area contributed by atoms with Gasteiger partial charge in [-0.15, -0.1) is 0 Å². The molecule has 0 N–H and O–H groups in total. The first-order valence-electron chi connectivity index (χ1n) is 10.9. The second-order valence-electron chi connectivity index (χ2n) is 8.43. The van der Waals surface area contributed by atoms with E-state index in [0.717, 1.165) is 37.1 Å². The van der Waals surface area contributed by atoms with Crippen LogP contribution in [0.3, 0.4) is 0 Å². The minimum absolute atomic E-state index is 0.0331. The molecule has 2 saturated heterocycles. The molecule has 0 saturated carbocycles. The van der Waals surface area contributed by atoms with Crippen LogP contribution in [0.25, 0.3) is 0 Å². The van der Waals surface area contributed by atoms with Gasteiger partial charge in [0.05, 0.1) is 20.1 Å². The topological polar surface area (TPSA) is 59.1 Å². The fraction of sp³-hybridized carbons (Fsp3) is 0.440. The number of rotatable bonds is 5. The summed E-state index contributed by atoms with van der Waals surface area (Å²) in [6, 6.07) is 13.3. The van der Waals surface area contributed by atoms with E-state index in [4.69, 9.17) is 9.47 Å². The molecule has 6 heteroatoms. The molecule has 2 atom stereocenters. The molecule has 2 heterocycles. The van der Waals surface area contributed by atoms with Crippen molar-refractivity contribution < 1.29 is 19.1 Å². The van der Waals surface area contributed by atoms with E-state index in [1.807, 2.05) is 59.2 Å². The van der Waals surface area contributed by atoms with Crippen LogP contribution in [-0.4, -0.2) is 62.0 Å². The summed E-state index contributed by atoms with van der Waals surface area (Å²) in [7, 11) is 3.24. The lowest BCUT2D eigenvalue weighted by Gasteiger charge is -2.25. The number of benzene rings is 2. The molecule has 31 heavy (non-hydrogen) atoms. The quantitative estimate of drug-likeness (QED) is 0.740. The highest BCUT2D eigenvalue weighted by Crippen LogP contribution is 2.40. The van der Waals surface area contributed by atoms with Crippen LogP contribution in [0.4, 0.5) is 0 Å². The van der Waals surface area contributed by atoms with E-state index in [1.54, 1.807) is 14.2 Å². The summed E-state index contributed by atoms with van der Waals surface area (Å²) in [5.41, 5.74) is 2.71.